The molecule has 5 rings (SSSR count). The van der Waals surface area contributed by atoms with E-state index < -0.39 is 0 Å². The number of piperidine rings is 1. The first-order valence-electron chi connectivity index (χ1n) is 12.0. The predicted octanol–water partition coefficient (Wildman–Crippen LogP) is 4.68. The molecule has 6 heteroatoms. The normalized spacial score (nSPS) is 16.0. The van der Waals surface area contributed by atoms with Gasteiger partial charge < -0.3 is 20.4 Å². The maximum atomic E-state index is 13.0. The summed E-state index contributed by atoms with van der Waals surface area (Å²) < 4.78 is 0. The molecule has 2 heterocycles. The molecule has 2 aliphatic heterocycles. The Morgan fingerprint density at radius 1 is 0.765 bits per heavy atom. The van der Waals surface area contributed by atoms with Gasteiger partial charge in [-0.2, -0.15) is 0 Å². The first-order valence-corrected chi connectivity index (χ1v) is 12.0. The Morgan fingerprint density at radius 2 is 1.44 bits per heavy atom. The van der Waals surface area contributed by atoms with Crippen molar-refractivity contribution in [3.63, 3.8) is 0 Å². The third kappa shape index (κ3) is 5.06. The lowest BCUT2D eigenvalue weighted by Gasteiger charge is -2.33. The zero-order chi connectivity index (χ0) is 23.3. The van der Waals surface area contributed by atoms with Crippen molar-refractivity contribution in [3.8, 4) is 0 Å². The van der Waals surface area contributed by atoms with Crippen molar-refractivity contribution < 1.29 is 9.59 Å². The van der Waals surface area contributed by atoms with Crippen LogP contribution in [0.2, 0.25) is 0 Å². The molecular weight excluding hydrogens is 424 g/mol. The van der Waals surface area contributed by atoms with Crippen molar-refractivity contribution in [2.75, 3.05) is 29.9 Å². The minimum atomic E-state index is -0.202. The summed E-state index contributed by atoms with van der Waals surface area (Å²) in [5.74, 6) is 0.0581. The van der Waals surface area contributed by atoms with Crippen LogP contribution in [-0.4, -0.2) is 42.5 Å². The predicted molar refractivity (Wildman–Crippen MR) is 135 cm³/mol. The zero-order valence-corrected chi connectivity index (χ0v) is 19.2. The molecule has 0 saturated carbocycles. The van der Waals surface area contributed by atoms with Crippen molar-refractivity contribution >= 4 is 23.3 Å². The maximum absolute atomic E-state index is 13.0. The van der Waals surface area contributed by atoms with Gasteiger partial charge in [-0.1, -0.05) is 42.5 Å². The third-order valence-corrected chi connectivity index (χ3v) is 6.76. The number of carbonyl (C=O) groups excluding carboxylic acids is 2. The number of urea groups is 1. The number of likely N-dealkylation sites (tertiary alicyclic amines) is 1. The smallest absolute Gasteiger partial charge is 0.319 e. The van der Waals surface area contributed by atoms with Gasteiger partial charge in [-0.25, -0.2) is 4.79 Å². The van der Waals surface area contributed by atoms with Crippen LogP contribution in [0.5, 0.6) is 0 Å². The van der Waals surface area contributed by atoms with Crippen molar-refractivity contribution in [2.24, 2.45) is 0 Å². The third-order valence-electron chi connectivity index (χ3n) is 6.76. The van der Waals surface area contributed by atoms with Gasteiger partial charge in [0.2, 0.25) is 0 Å². The Balaban J connectivity index is 1.12. The molecule has 174 valence electrons. The van der Waals surface area contributed by atoms with Gasteiger partial charge in [0.05, 0.1) is 0 Å². The van der Waals surface area contributed by atoms with Crippen LogP contribution in [0.4, 0.5) is 16.2 Å². The van der Waals surface area contributed by atoms with E-state index in [-0.39, 0.29) is 18.0 Å². The standard InChI is InChI=1S/C28H30N4O2/c33-27(31-18-15-25(16-19-31)30-28(34)29-24-8-2-1-3-9-24)22-10-12-26(13-11-22)32-17-14-21-6-4-5-7-23(21)20-32/h1-13,25H,14-20H2,(H2,29,30,34). The number of amides is 3. The molecule has 3 aromatic rings. The lowest BCUT2D eigenvalue weighted by Crippen LogP contribution is -2.47. The lowest BCUT2D eigenvalue weighted by molar-refractivity contribution is 0.0709. The van der Waals surface area contributed by atoms with Gasteiger partial charge in [-0.15, -0.1) is 0 Å². The molecule has 0 unspecified atom stereocenters. The molecule has 2 N–H and O–H groups in total. The van der Waals surface area contributed by atoms with E-state index in [1.54, 1.807) is 0 Å². The van der Waals surface area contributed by atoms with E-state index in [1.807, 2.05) is 47.4 Å². The van der Waals surface area contributed by atoms with Crippen LogP contribution >= 0.6 is 0 Å². The van der Waals surface area contributed by atoms with Crippen LogP contribution in [0.25, 0.3) is 0 Å². The molecule has 0 aromatic heterocycles. The van der Waals surface area contributed by atoms with Gasteiger partial charge in [0.25, 0.3) is 5.91 Å². The van der Waals surface area contributed by atoms with Crippen LogP contribution in [0.1, 0.15) is 34.3 Å². The minimum Gasteiger partial charge on any atom is -0.367 e. The molecular formula is C28H30N4O2. The van der Waals surface area contributed by atoms with Crippen molar-refractivity contribution in [2.45, 2.75) is 31.8 Å². The molecule has 0 bridgehead atoms. The van der Waals surface area contributed by atoms with Crippen LogP contribution in [0, 0.1) is 0 Å². The summed E-state index contributed by atoms with van der Waals surface area (Å²) in [6, 6.07) is 25.9. The van der Waals surface area contributed by atoms with Gasteiger partial charge in [0.15, 0.2) is 0 Å². The lowest BCUT2D eigenvalue weighted by atomic mass is 9.99. The van der Waals surface area contributed by atoms with E-state index in [9.17, 15) is 9.59 Å². The van der Waals surface area contributed by atoms with Crippen molar-refractivity contribution in [3.05, 3.63) is 95.6 Å². The molecule has 6 nitrogen and oxygen atoms in total. The molecule has 1 fully saturated rings. The van der Waals surface area contributed by atoms with Crippen LogP contribution < -0.4 is 15.5 Å². The average molecular weight is 455 g/mol. The van der Waals surface area contributed by atoms with Gasteiger partial charge in [0, 0.05) is 49.2 Å². The summed E-state index contributed by atoms with van der Waals surface area (Å²) in [4.78, 5) is 29.5. The number of hydrogen-bond acceptors (Lipinski definition) is 3. The van der Waals surface area contributed by atoms with Gasteiger partial charge in [-0.3, -0.25) is 4.79 Å². The van der Waals surface area contributed by atoms with E-state index >= 15 is 0 Å². The van der Waals surface area contributed by atoms with E-state index in [0.29, 0.717) is 13.1 Å². The molecule has 3 amide bonds. The molecule has 3 aromatic carbocycles. The molecule has 0 radical (unpaired) electrons. The highest BCUT2D eigenvalue weighted by molar-refractivity contribution is 5.94. The fourth-order valence-electron chi connectivity index (χ4n) is 4.81. The fraction of sp³-hybridized carbons (Fsp3) is 0.286. The van der Waals surface area contributed by atoms with Crippen molar-refractivity contribution in [1.29, 1.82) is 0 Å². The summed E-state index contributed by atoms with van der Waals surface area (Å²) in [5.41, 5.74) is 5.45. The number of fused-ring (bicyclic) bond motifs is 1. The van der Waals surface area contributed by atoms with E-state index in [4.69, 9.17) is 0 Å². The zero-order valence-electron chi connectivity index (χ0n) is 19.2. The largest absolute Gasteiger partial charge is 0.367 e. The number of para-hydroxylation sites is 1. The number of hydrogen-bond donors (Lipinski definition) is 2. The number of carbonyl (C=O) groups is 2. The van der Waals surface area contributed by atoms with E-state index in [0.717, 1.165) is 49.3 Å². The molecule has 0 aliphatic carbocycles. The molecule has 0 spiro atoms. The Labute approximate surface area is 200 Å². The summed E-state index contributed by atoms with van der Waals surface area (Å²) in [6.45, 7) is 3.17. The molecule has 1 saturated heterocycles. The molecule has 2 aliphatic rings. The number of anilines is 2. The Morgan fingerprint density at radius 3 is 2.18 bits per heavy atom. The summed E-state index contributed by atoms with van der Waals surface area (Å²) in [6.07, 6.45) is 2.54. The maximum Gasteiger partial charge on any atom is 0.319 e. The number of nitrogens with one attached hydrogen (secondary N) is 2. The average Bonchev–Trinajstić information content (AvgIpc) is 2.89. The second-order valence-electron chi connectivity index (χ2n) is 9.02. The summed E-state index contributed by atoms with van der Waals surface area (Å²) >= 11 is 0. The Hall–Kier alpha value is -3.80. The number of nitrogens with zero attached hydrogens (tertiary/aromatic N) is 2. The monoisotopic (exact) mass is 454 g/mol. The van der Waals surface area contributed by atoms with Crippen LogP contribution in [0.3, 0.4) is 0 Å². The van der Waals surface area contributed by atoms with E-state index in [1.165, 1.54) is 11.1 Å². The second-order valence-corrected chi connectivity index (χ2v) is 9.02. The van der Waals surface area contributed by atoms with Crippen LogP contribution in [-0.2, 0) is 13.0 Å². The fourth-order valence-corrected chi connectivity index (χ4v) is 4.81. The van der Waals surface area contributed by atoms with Gasteiger partial charge >= 0.3 is 6.03 Å². The Kier molecular flexibility index (Phi) is 6.47. The Bertz CT molecular complexity index is 1140. The highest BCUT2D eigenvalue weighted by atomic mass is 16.2. The van der Waals surface area contributed by atoms with Gasteiger partial charge in [0.1, 0.15) is 0 Å². The molecule has 0 atom stereocenters. The second kappa shape index (κ2) is 10.00. The quantitative estimate of drug-likeness (QED) is 0.602. The van der Waals surface area contributed by atoms with Crippen LogP contribution in [0.15, 0.2) is 78.9 Å². The summed E-state index contributed by atoms with van der Waals surface area (Å²) in [5, 5.41) is 5.88. The van der Waals surface area contributed by atoms with Crippen molar-refractivity contribution in [1.82, 2.24) is 10.2 Å². The summed E-state index contributed by atoms with van der Waals surface area (Å²) in [7, 11) is 0. The number of rotatable bonds is 4. The topological polar surface area (TPSA) is 64.7 Å². The van der Waals surface area contributed by atoms with Gasteiger partial charge in [-0.05, 0) is 66.8 Å². The highest BCUT2D eigenvalue weighted by Crippen LogP contribution is 2.25. The first-order chi connectivity index (χ1) is 16.7. The highest BCUT2D eigenvalue weighted by Gasteiger charge is 2.25. The first kappa shape index (κ1) is 22.0. The SMILES string of the molecule is O=C(Nc1ccccc1)NC1CCN(C(=O)c2ccc(N3CCc4ccccc4C3)cc2)CC1. The minimum absolute atomic E-state index is 0.0581. The number of benzene rings is 3. The van der Waals surface area contributed by atoms with E-state index in [2.05, 4.69) is 51.9 Å². The molecule has 34 heavy (non-hydrogen) atoms.